The van der Waals surface area contributed by atoms with E-state index >= 15 is 0 Å². The number of hydrogen-bond donors (Lipinski definition) is 4. The van der Waals surface area contributed by atoms with Crippen molar-refractivity contribution in [1.29, 1.82) is 0 Å². The Hall–Kier alpha value is -3.30. The van der Waals surface area contributed by atoms with Gasteiger partial charge < -0.3 is 30.5 Å². The van der Waals surface area contributed by atoms with Crippen LogP contribution in [-0.2, 0) is 25.5 Å². The van der Waals surface area contributed by atoms with Gasteiger partial charge in [0.2, 0.25) is 11.8 Å². The fourth-order valence-corrected chi connectivity index (χ4v) is 3.74. The molecule has 0 radical (unpaired) electrons. The molecule has 3 atom stereocenters. The monoisotopic (exact) mass is 505 g/mol. The van der Waals surface area contributed by atoms with Crippen LogP contribution in [-0.4, -0.2) is 59.3 Å². The maximum Gasteiger partial charge on any atom is 0.408 e. The highest BCUT2D eigenvalue weighted by Crippen LogP contribution is 2.16. The number of carbonyl (C=O) groups is 4. The van der Waals surface area contributed by atoms with Crippen molar-refractivity contribution in [3.05, 3.63) is 29.8 Å². The van der Waals surface area contributed by atoms with Gasteiger partial charge in [-0.15, -0.1) is 0 Å². The molecule has 2 aliphatic heterocycles. The SMILES string of the molecule is CCCC[C@@H]1NC(=O)[C@@H](NC(=O)OC(C)(C)C)CCCCOc2ccc(cc2)C[C@@H](C(=O)O)NC1=O. The lowest BCUT2D eigenvalue weighted by Crippen LogP contribution is -2.56. The number of carboxylic acids is 1. The first-order valence-electron chi connectivity index (χ1n) is 12.5. The Morgan fingerprint density at radius 2 is 1.81 bits per heavy atom. The van der Waals surface area contributed by atoms with E-state index < -0.39 is 47.6 Å². The van der Waals surface area contributed by atoms with Gasteiger partial charge in [0.15, 0.2) is 0 Å². The Morgan fingerprint density at radius 3 is 2.42 bits per heavy atom. The van der Waals surface area contributed by atoms with Crippen LogP contribution >= 0.6 is 0 Å². The largest absolute Gasteiger partial charge is 0.494 e. The summed E-state index contributed by atoms with van der Waals surface area (Å²) in [5.41, 5.74) is -0.00845. The summed E-state index contributed by atoms with van der Waals surface area (Å²) in [5, 5.41) is 17.6. The smallest absolute Gasteiger partial charge is 0.408 e. The Morgan fingerprint density at radius 1 is 1.11 bits per heavy atom. The van der Waals surface area contributed by atoms with Gasteiger partial charge in [0, 0.05) is 6.42 Å². The van der Waals surface area contributed by atoms with Crippen LogP contribution in [0.2, 0.25) is 0 Å². The third kappa shape index (κ3) is 10.1. The maximum absolute atomic E-state index is 13.2. The highest BCUT2D eigenvalue weighted by Gasteiger charge is 2.30. The average Bonchev–Trinajstić information content (AvgIpc) is 2.79. The van der Waals surface area contributed by atoms with E-state index in [1.165, 1.54) is 0 Å². The lowest BCUT2D eigenvalue weighted by atomic mass is 10.0. The number of aliphatic carboxylic acids is 1. The fraction of sp³-hybridized carbons (Fsp3) is 0.615. The van der Waals surface area contributed by atoms with E-state index in [1.54, 1.807) is 45.0 Å². The molecular weight excluding hydrogens is 466 g/mol. The van der Waals surface area contributed by atoms with Gasteiger partial charge >= 0.3 is 12.1 Å². The third-order valence-electron chi connectivity index (χ3n) is 5.62. The van der Waals surface area contributed by atoms with Gasteiger partial charge in [-0.05, 0) is 64.2 Å². The number of hydrogen-bond acceptors (Lipinski definition) is 6. The standard InChI is InChI=1S/C26H39N3O7/c1-5-6-9-19-22(30)28-21(24(32)33)16-17-11-13-18(14-12-17)35-15-8-7-10-20(23(31)27-19)29-25(34)36-26(2,3)4/h11-14,19-21H,5-10,15-16H2,1-4H3,(H,27,31)(H,28,30)(H,29,34)(H,32,33)/t19-,20-,21-/m0/s1. The Labute approximate surface area is 212 Å². The van der Waals surface area contributed by atoms with Crippen LogP contribution < -0.4 is 20.7 Å². The summed E-state index contributed by atoms with van der Waals surface area (Å²) in [6.07, 6.45) is 2.66. The molecule has 0 unspecified atom stereocenters. The van der Waals surface area contributed by atoms with Gasteiger partial charge in [0.1, 0.15) is 29.5 Å². The van der Waals surface area contributed by atoms with Gasteiger partial charge in [-0.25, -0.2) is 9.59 Å². The molecule has 36 heavy (non-hydrogen) atoms. The molecule has 10 nitrogen and oxygen atoms in total. The quantitative estimate of drug-likeness (QED) is 0.482. The predicted octanol–water partition coefficient (Wildman–Crippen LogP) is 2.93. The second kappa shape index (κ2) is 13.7. The second-order valence-corrected chi connectivity index (χ2v) is 9.99. The van der Waals surface area contributed by atoms with Crippen molar-refractivity contribution < 1.29 is 33.8 Å². The first-order valence-corrected chi connectivity index (χ1v) is 12.5. The number of amides is 3. The predicted molar refractivity (Wildman–Crippen MR) is 134 cm³/mol. The molecule has 4 N–H and O–H groups in total. The molecule has 0 saturated carbocycles. The van der Waals surface area contributed by atoms with Crippen LogP contribution in [0.4, 0.5) is 4.79 Å². The molecule has 200 valence electrons. The topological polar surface area (TPSA) is 143 Å². The molecule has 10 heteroatoms. The number of carboxylic acid groups (broad SMARTS) is 1. The first-order chi connectivity index (χ1) is 17.0. The van der Waals surface area contributed by atoms with Gasteiger partial charge in [0.25, 0.3) is 0 Å². The van der Waals surface area contributed by atoms with Crippen LogP contribution in [0.3, 0.4) is 0 Å². The molecule has 0 aliphatic carbocycles. The van der Waals surface area contributed by atoms with Crippen molar-refractivity contribution in [3.8, 4) is 5.75 Å². The highest BCUT2D eigenvalue weighted by atomic mass is 16.6. The van der Waals surface area contributed by atoms with Crippen molar-refractivity contribution in [2.75, 3.05) is 6.61 Å². The number of fused-ring (bicyclic) bond motifs is 14. The minimum Gasteiger partial charge on any atom is -0.494 e. The third-order valence-corrected chi connectivity index (χ3v) is 5.62. The number of rotatable bonds is 5. The van der Waals surface area contributed by atoms with E-state index in [0.29, 0.717) is 44.5 Å². The zero-order valence-electron chi connectivity index (χ0n) is 21.6. The number of carbonyl (C=O) groups excluding carboxylic acids is 3. The lowest BCUT2D eigenvalue weighted by molar-refractivity contribution is -0.142. The van der Waals surface area contributed by atoms with E-state index in [0.717, 1.165) is 12.0 Å². The molecule has 2 heterocycles. The van der Waals surface area contributed by atoms with E-state index in [2.05, 4.69) is 16.0 Å². The summed E-state index contributed by atoms with van der Waals surface area (Å²) < 4.78 is 11.1. The molecule has 2 bridgehead atoms. The van der Waals surface area contributed by atoms with Crippen LogP contribution in [0.25, 0.3) is 0 Å². The summed E-state index contributed by atoms with van der Waals surface area (Å²) in [4.78, 5) is 50.5. The lowest BCUT2D eigenvalue weighted by Gasteiger charge is -2.26. The molecule has 1 aromatic rings. The molecular formula is C26H39N3O7. The van der Waals surface area contributed by atoms with Gasteiger partial charge in [0.05, 0.1) is 6.61 Å². The minimum atomic E-state index is -1.17. The molecule has 3 amide bonds. The van der Waals surface area contributed by atoms with Crippen LogP contribution in [0.15, 0.2) is 24.3 Å². The fourth-order valence-electron chi connectivity index (χ4n) is 3.74. The van der Waals surface area contributed by atoms with Crippen molar-refractivity contribution in [3.63, 3.8) is 0 Å². The van der Waals surface area contributed by atoms with Crippen LogP contribution in [0, 0.1) is 0 Å². The zero-order chi connectivity index (χ0) is 26.7. The number of alkyl carbamates (subject to hydrolysis) is 1. The number of unbranched alkanes of at least 4 members (excludes halogenated alkanes) is 1. The maximum atomic E-state index is 13.2. The Balaban J connectivity index is 2.28. The molecule has 1 aromatic carbocycles. The number of ether oxygens (including phenoxy) is 2. The Kier molecular flexibility index (Phi) is 11.0. The van der Waals surface area contributed by atoms with Crippen molar-refractivity contribution in [2.45, 2.75) is 96.4 Å². The summed E-state index contributed by atoms with van der Waals surface area (Å²) in [7, 11) is 0. The molecule has 3 rings (SSSR count). The van der Waals surface area contributed by atoms with Crippen LogP contribution in [0.1, 0.15) is 71.8 Å². The normalized spacial score (nSPS) is 21.9. The van der Waals surface area contributed by atoms with Crippen molar-refractivity contribution >= 4 is 23.9 Å². The minimum absolute atomic E-state index is 0.0820. The van der Waals surface area contributed by atoms with Crippen molar-refractivity contribution in [1.82, 2.24) is 16.0 Å². The molecule has 0 fully saturated rings. The molecule has 2 aliphatic rings. The van der Waals surface area contributed by atoms with Gasteiger partial charge in [-0.1, -0.05) is 31.9 Å². The van der Waals surface area contributed by atoms with Crippen molar-refractivity contribution in [2.24, 2.45) is 0 Å². The van der Waals surface area contributed by atoms with E-state index in [4.69, 9.17) is 9.47 Å². The average molecular weight is 506 g/mol. The summed E-state index contributed by atoms with van der Waals surface area (Å²) in [6, 6.07) is 4.02. The summed E-state index contributed by atoms with van der Waals surface area (Å²) >= 11 is 0. The zero-order valence-corrected chi connectivity index (χ0v) is 21.6. The Bertz CT molecular complexity index is 896. The van der Waals surface area contributed by atoms with E-state index in [-0.39, 0.29) is 6.42 Å². The molecule has 0 spiro atoms. The number of benzene rings is 1. The van der Waals surface area contributed by atoms with E-state index in [1.807, 2.05) is 6.92 Å². The summed E-state index contributed by atoms with van der Waals surface area (Å²) in [5.74, 6) is -1.64. The van der Waals surface area contributed by atoms with E-state index in [9.17, 15) is 24.3 Å². The molecule has 0 saturated heterocycles. The first kappa shape index (κ1) is 28.9. The number of nitrogens with one attached hydrogen (secondary N) is 3. The highest BCUT2D eigenvalue weighted by molar-refractivity contribution is 5.92. The van der Waals surface area contributed by atoms with Gasteiger partial charge in [-0.3, -0.25) is 9.59 Å². The van der Waals surface area contributed by atoms with Gasteiger partial charge in [-0.2, -0.15) is 0 Å². The van der Waals surface area contributed by atoms with Crippen LogP contribution in [0.5, 0.6) is 5.75 Å². The molecule has 0 aromatic heterocycles. The summed E-state index contributed by atoms with van der Waals surface area (Å²) in [6.45, 7) is 7.54. The second-order valence-electron chi connectivity index (χ2n) is 9.99.